The second-order valence-electron chi connectivity index (χ2n) is 7.74. The number of anilines is 1. The number of methoxy groups -OCH3 is 2. The number of benzene rings is 2. The summed E-state index contributed by atoms with van der Waals surface area (Å²) in [4.78, 5) is 31.0. The number of amides is 3. The number of thiophene rings is 1. The van der Waals surface area contributed by atoms with E-state index < -0.39 is 0 Å². The molecule has 3 rings (SSSR count). The molecule has 0 saturated heterocycles. The summed E-state index contributed by atoms with van der Waals surface area (Å²) in [6.45, 7) is 1.83. The van der Waals surface area contributed by atoms with Crippen molar-refractivity contribution in [2.24, 2.45) is 0 Å². The molecule has 0 bridgehead atoms. The van der Waals surface area contributed by atoms with E-state index in [4.69, 9.17) is 9.47 Å². The van der Waals surface area contributed by atoms with Crippen molar-refractivity contribution in [3.8, 4) is 5.75 Å². The van der Waals surface area contributed by atoms with Crippen LogP contribution in [0.5, 0.6) is 5.75 Å². The van der Waals surface area contributed by atoms with Crippen LogP contribution < -0.4 is 10.1 Å². The summed E-state index contributed by atoms with van der Waals surface area (Å²) in [5.74, 6) is 0.528. The number of rotatable bonds is 12. The third kappa shape index (κ3) is 7.90. The van der Waals surface area contributed by atoms with E-state index >= 15 is 0 Å². The standard InChI is InChI=1S/C26H31N3O4S/c1-32-15-8-14-28(26(31)27-22-11-6-12-23(17-22)33-2)20-25(30)29(19-24-13-7-16-34-24)18-21-9-4-3-5-10-21/h3-7,9-13,16-17H,8,14-15,18-20H2,1-2H3,(H,27,31). The number of carbonyl (C=O) groups is 2. The van der Waals surface area contributed by atoms with Crippen molar-refractivity contribution in [3.05, 3.63) is 82.6 Å². The Kier molecular flexibility index (Phi) is 9.94. The monoisotopic (exact) mass is 481 g/mol. The lowest BCUT2D eigenvalue weighted by Crippen LogP contribution is -2.44. The highest BCUT2D eigenvalue weighted by atomic mass is 32.1. The van der Waals surface area contributed by atoms with E-state index in [1.807, 2.05) is 53.9 Å². The first-order valence-electron chi connectivity index (χ1n) is 11.1. The first kappa shape index (κ1) is 25.3. The fraction of sp³-hybridized carbons (Fsp3) is 0.308. The first-order chi connectivity index (χ1) is 16.6. The summed E-state index contributed by atoms with van der Waals surface area (Å²) < 4.78 is 10.4. The predicted molar refractivity (Wildman–Crippen MR) is 135 cm³/mol. The van der Waals surface area contributed by atoms with Gasteiger partial charge in [-0.05, 0) is 35.6 Å². The van der Waals surface area contributed by atoms with Gasteiger partial charge in [-0.2, -0.15) is 0 Å². The minimum atomic E-state index is -0.339. The van der Waals surface area contributed by atoms with Crippen molar-refractivity contribution in [1.29, 1.82) is 0 Å². The molecule has 0 saturated carbocycles. The zero-order valence-electron chi connectivity index (χ0n) is 19.6. The zero-order chi connectivity index (χ0) is 24.2. The van der Waals surface area contributed by atoms with Crippen LogP contribution in [0.15, 0.2) is 72.1 Å². The van der Waals surface area contributed by atoms with Crippen molar-refractivity contribution in [2.45, 2.75) is 19.5 Å². The van der Waals surface area contributed by atoms with E-state index in [0.717, 1.165) is 10.4 Å². The summed E-state index contributed by atoms with van der Waals surface area (Å²) in [6.07, 6.45) is 0.624. The van der Waals surface area contributed by atoms with Gasteiger partial charge in [0.2, 0.25) is 5.91 Å². The second kappa shape index (κ2) is 13.4. The van der Waals surface area contributed by atoms with Crippen molar-refractivity contribution in [3.63, 3.8) is 0 Å². The summed E-state index contributed by atoms with van der Waals surface area (Å²) in [5, 5.41) is 4.88. The van der Waals surface area contributed by atoms with Gasteiger partial charge in [-0.1, -0.05) is 42.5 Å². The molecule has 0 unspecified atom stereocenters. The molecule has 1 aromatic heterocycles. The fourth-order valence-corrected chi connectivity index (χ4v) is 4.16. The fourth-order valence-electron chi connectivity index (χ4n) is 3.45. The van der Waals surface area contributed by atoms with E-state index in [1.54, 1.807) is 48.7 Å². The number of nitrogens with one attached hydrogen (secondary N) is 1. The van der Waals surface area contributed by atoms with Crippen LogP contribution >= 0.6 is 11.3 Å². The Labute approximate surface area is 204 Å². The normalized spacial score (nSPS) is 10.5. The summed E-state index contributed by atoms with van der Waals surface area (Å²) in [6, 6.07) is 20.7. The molecule has 8 heteroatoms. The van der Waals surface area contributed by atoms with Crippen LogP contribution in [-0.4, -0.2) is 55.7 Å². The van der Waals surface area contributed by atoms with E-state index in [-0.39, 0.29) is 18.5 Å². The molecule has 0 aliphatic heterocycles. The van der Waals surface area contributed by atoms with Gasteiger partial charge in [-0.3, -0.25) is 4.79 Å². The molecule has 7 nitrogen and oxygen atoms in total. The van der Waals surface area contributed by atoms with Crippen LogP contribution in [0.4, 0.5) is 10.5 Å². The summed E-state index contributed by atoms with van der Waals surface area (Å²) in [5.41, 5.74) is 1.65. The maximum absolute atomic E-state index is 13.4. The molecule has 0 aliphatic carbocycles. The van der Waals surface area contributed by atoms with Gasteiger partial charge in [-0.15, -0.1) is 11.3 Å². The highest BCUT2D eigenvalue weighted by Gasteiger charge is 2.22. The number of carbonyl (C=O) groups excluding carboxylic acids is 2. The molecule has 1 N–H and O–H groups in total. The van der Waals surface area contributed by atoms with E-state index in [9.17, 15) is 9.59 Å². The van der Waals surface area contributed by atoms with Crippen LogP contribution in [0.1, 0.15) is 16.9 Å². The van der Waals surface area contributed by atoms with Crippen molar-refractivity contribution in [1.82, 2.24) is 9.80 Å². The molecular weight excluding hydrogens is 450 g/mol. The molecule has 3 amide bonds. The summed E-state index contributed by atoms with van der Waals surface area (Å²) in [7, 11) is 3.19. The van der Waals surface area contributed by atoms with Crippen LogP contribution in [0, 0.1) is 0 Å². The highest BCUT2D eigenvalue weighted by molar-refractivity contribution is 7.09. The number of nitrogens with zero attached hydrogens (tertiary/aromatic N) is 2. The number of hydrogen-bond donors (Lipinski definition) is 1. The molecule has 0 radical (unpaired) electrons. The van der Waals surface area contributed by atoms with Gasteiger partial charge in [0.25, 0.3) is 0 Å². The maximum Gasteiger partial charge on any atom is 0.322 e. The van der Waals surface area contributed by atoms with Gasteiger partial charge < -0.3 is 24.6 Å². The molecule has 2 aromatic carbocycles. The molecule has 0 aliphatic rings. The van der Waals surface area contributed by atoms with Gasteiger partial charge in [0, 0.05) is 43.4 Å². The maximum atomic E-state index is 13.4. The average Bonchev–Trinajstić information content (AvgIpc) is 3.37. The SMILES string of the molecule is COCCCN(CC(=O)N(Cc1ccccc1)Cc1cccs1)C(=O)Nc1cccc(OC)c1. The molecule has 180 valence electrons. The van der Waals surface area contributed by atoms with Gasteiger partial charge >= 0.3 is 6.03 Å². The zero-order valence-corrected chi connectivity index (χ0v) is 20.4. The Balaban J connectivity index is 1.74. The third-order valence-electron chi connectivity index (χ3n) is 5.21. The average molecular weight is 482 g/mol. The van der Waals surface area contributed by atoms with E-state index in [2.05, 4.69) is 5.32 Å². The Morgan fingerprint density at radius 3 is 2.47 bits per heavy atom. The highest BCUT2D eigenvalue weighted by Crippen LogP contribution is 2.18. The van der Waals surface area contributed by atoms with Crippen molar-refractivity contribution < 1.29 is 19.1 Å². The second-order valence-corrected chi connectivity index (χ2v) is 8.78. The van der Waals surface area contributed by atoms with E-state index in [0.29, 0.717) is 44.1 Å². The summed E-state index contributed by atoms with van der Waals surface area (Å²) >= 11 is 1.61. The Morgan fingerprint density at radius 1 is 0.941 bits per heavy atom. The lowest BCUT2D eigenvalue weighted by atomic mass is 10.2. The lowest BCUT2D eigenvalue weighted by molar-refractivity contribution is -0.133. The largest absolute Gasteiger partial charge is 0.497 e. The van der Waals surface area contributed by atoms with Gasteiger partial charge in [0.1, 0.15) is 12.3 Å². The van der Waals surface area contributed by atoms with Gasteiger partial charge in [0.15, 0.2) is 0 Å². The molecule has 3 aromatic rings. The molecule has 0 fully saturated rings. The quantitative estimate of drug-likeness (QED) is 0.375. The van der Waals surface area contributed by atoms with Gasteiger partial charge in [-0.25, -0.2) is 4.79 Å². The number of urea groups is 1. The van der Waals surface area contributed by atoms with Crippen LogP contribution in [0.25, 0.3) is 0 Å². The third-order valence-corrected chi connectivity index (χ3v) is 6.07. The smallest absolute Gasteiger partial charge is 0.322 e. The first-order valence-corrected chi connectivity index (χ1v) is 12.0. The van der Waals surface area contributed by atoms with E-state index in [1.165, 1.54) is 4.90 Å². The number of hydrogen-bond acceptors (Lipinski definition) is 5. The minimum absolute atomic E-state index is 0.0300. The minimum Gasteiger partial charge on any atom is -0.497 e. The molecular formula is C26H31N3O4S. The molecule has 0 spiro atoms. The molecule has 34 heavy (non-hydrogen) atoms. The van der Waals surface area contributed by atoms with Crippen molar-refractivity contribution in [2.75, 3.05) is 39.2 Å². The van der Waals surface area contributed by atoms with Crippen LogP contribution in [0.2, 0.25) is 0 Å². The molecule has 1 heterocycles. The lowest BCUT2D eigenvalue weighted by Gasteiger charge is -2.28. The Bertz CT molecular complexity index is 1030. The number of ether oxygens (including phenoxy) is 2. The van der Waals surface area contributed by atoms with Crippen LogP contribution in [-0.2, 0) is 22.6 Å². The van der Waals surface area contributed by atoms with Crippen molar-refractivity contribution >= 4 is 29.0 Å². The Morgan fingerprint density at radius 2 is 1.76 bits per heavy atom. The molecule has 0 atom stereocenters. The Hall–Kier alpha value is -3.36. The predicted octanol–water partition coefficient (Wildman–Crippen LogP) is 4.86. The van der Waals surface area contributed by atoms with Gasteiger partial charge in [0.05, 0.1) is 13.7 Å². The van der Waals surface area contributed by atoms with Crippen LogP contribution in [0.3, 0.4) is 0 Å². The topological polar surface area (TPSA) is 71.1 Å².